The van der Waals surface area contributed by atoms with E-state index in [0.717, 1.165) is 49.8 Å². The molecule has 4 rings (SSSR count). The summed E-state index contributed by atoms with van der Waals surface area (Å²) in [5.41, 5.74) is 2.48. The van der Waals surface area contributed by atoms with Gasteiger partial charge in [0.1, 0.15) is 5.60 Å². The molecule has 2 unspecified atom stereocenters. The van der Waals surface area contributed by atoms with E-state index < -0.39 is 5.60 Å². The Labute approximate surface area is 174 Å². The van der Waals surface area contributed by atoms with Crippen LogP contribution >= 0.6 is 0 Å². The molecule has 0 saturated heterocycles. The zero-order valence-electron chi connectivity index (χ0n) is 17.0. The summed E-state index contributed by atoms with van der Waals surface area (Å²) in [7, 11) is 0. The lowest BCUT2D eigenvalue weighted by molar-refractivity contribution is 0.0178. The van der Waals surface area contributed by atoms with Gasteiger partial charge in [-0.3, -0.25) is 0 Å². The minimum atomic E-state index is -0.928. The van der Waals surface area contributed by atoms with Gasteiger partial charge in [-0.1, -0.05) is 91.0 Å². The maximum Gasteiger partial charge on any atom is 0.117 e. The summed E-state index contributed by atoms with van der Waals surface area (Å²) in [6.45, 7) is 1.03. The second-order valence-corrected chi connectivity index (χ2v) is 8.25. The summed E-state index contributed by atoms with van der Waals surface area (Å²) in [4.78, 5) is 0. The molecule has 0 aliphatic heterocycles. The van der Waals surface area contributed by atoms with Crippen molar-refractivity contribution in [2.75, 3.05) is 6.54 Å². The molecule has 0 bridgehead atoms. The third-order valence-corrected chi connectivity index (χ3v) is 6.37. The molecule has 1 fully saturated rings. The molecule has 0 aromatic heterocycles. The number of aryl methyl sites for hydroxylation is 1. The standard InChI is InChI=1S/C27H31NO/c29-27(23-14-6-2-7-15-23,24-16-8-3-9-17-24)25-18-19-26(21-25)28-20-10-13-22-11-4-1-5-12-22/h1-9,11-12,14-17,25-26,28-29H,10,13,18-21H2. The molecule has 150 valence electrons. The van der Waals surface area contributed by atoms with E-state index in [9.17, 15) is 5.11 Å². The van der Waals surface area contributed by atoms with Crippen molar-refractivity contribution in [1.29, 1.82) is 0 Å². The lowest BCUT2D eigenvalue weighted by atomic mass is 9.75. The van der Waals surface area contributed by atoms with Crippen LogP contribution in [0.1, 0.15) is 42.4 Å². The van der Waals surface area contributed by atoms with Crippen LogP contribution in [0.3, 0.4) is 0 Å². The van der Waals surface area contributed by atoms with E-state index in [1.165, 1.54) is 5.56 Å². The van der Waals surface area contributed by atoms with Crippen molar-refractivity contribution in [2.24, 2.45) is 5.92 Å². The highest BCUT2D eigenvalue weighted by molar-refractivity contribution is 5.37. The quantitative estimate of drug-likeness (QED) is 0.515. The van der Waals surface area contributed by atoms with Crippen molar-refractivity contribution < 1.29 is 5.11 Å². The number of rotatable bonds is 8. The van der Waals surface area contributed by atoms with Gasteiger partial charge in [-0.25, -0.2) is 0 Å². The van der Waals surface area contributed by atoms with Crippen molar-refractivity contribution in [2.45, 2.75) is 43.7 Å². The number of benzene rings is 3. The van der Waals surface area contributed by atoms with E-state index in [2.05, 4.69) is 59.9 Å². The smallest absolute Gasteiger partial charge is 0.117 e. The molecule has 1 saturated carbocycles. The third-order valence-electron chi connectivity index (χ3n) is 6.37. The van der Waals surface area contributed by atoms with Gasteiger partial charge in [-0.2, -0.15) is 0 Å². The van der Waals surface area contributed by atoms with Crippen LogP contribution in [0.15, 0.2) is 91.0 Å². The van der Waals surface area contributed by atoms with Crippen LogP contribution in [-0.2, 0) is 12.0 Å². The lowest BCUT2D eigenvalue weighted by Crippen LogP contribution is -2.37. The minimum absolute atomic E-state index is 0.221. The van der Waals surface area contributed by atoms with E-state index in [4.69, 9.17) is 0 Å². The number of nitrogens with one attached hydrogen (secondary N) is 1. The molecule has 2 N–H and O–H groups in total. The Morgan fingerprint density at radius 3 is 1.90 bits per heavy atom. The first-order chi connectivity index (χ1) is 14.3. The molecular weight excluding hydrogens is 354 g/mol. The van der Waals surface area contributed by atoms with Crippen LogP contribution in [0.25, 0.3) is 0 Å². The van der Waals surface area contributed by atoms with Crippen LogP contribution in [-0.4, -0.2) is 17.7 Å². The molecule has 0 heterocycles. The first kappa shape index (κ1) is 19.9. The van der Waals surface area contributed by atoms with Crippen molar-refractivity contribution >= 4 is 0 Å². The highest BCUT2D eigenvalue weighted by Gasteiger charge is 2.43. The number of aliphatic hydroxyl groups is 1. The fraction of sp³-hybridized carbons (Fsp3) is 0.333. The van der Waals surface area contributed by atoms with Crippen LogP contribution in [0, 0.1) is 5.92 Å². The Bertz CT molecular complexity index is 823. The van der Waals surface area contributed by atoms with Gasteiger partial charge in [-0.15, -0.1) is 0 Å². The Morgan fingerprint density at radius 2 is 1.31 bits per heavy atom. The second-order valence-electron chi connectivity index (χ2n) is 8.25. The summed E-state index contributed by atoms with van der Waals surface area (Å²) in [6, 6.07) is 31.6. The predicted molar refractivity (Wildman–Crippen MR) is 120 cm³/mol. The van der Waals surface area contributed by atoms with Crippen molar-refractivity contribution in [1.82, 2.24) is 5.32 Å². The van der Waals surface area contributed by atoms with Crippen LogP contribution in [0.5, 0.6) is 0 Å². The second kappa shape index (κ2) is 9.39. The van der Waals surface area contributed by atoms with Crippen LogP contribution in [0.4, 0.5) is 0 Å². The molecule has 3 aromatic carbocycles. The Hall–Kier alpha value is -2.42. The van der Waals surface area contributed by atoms with Crippen molar-refractivity contribution in [3.63, 3.8) is 0 Å². The highest BCUT2D eigenvalue weighted by atomic mass is 16.3. The molecule has 2 atom stereocenters. The number of hydrogen-bond acceptors (Lipinski definition) is 2. The minimum Gasteiger partial charge on any atom is -0.380 e. The molecular formula is C27H31NO. The van der Waals surface area contributed by atoms with Gasteiger partial charge >= 0.3 is 0 Å². The van der Waals surface area contributed by atoms with Gasteiger partial charge in [0, 0.05) is 6.04 Å². The zero-order valence-corrected chi connectivity index (χ0v) is 17.0. The van der Waals surface area contributed by atoms with Crippen molar-refractivity contribution in [3.05, 3.63) is 108 Å². The van der Waals surface area contributed by atoms with E-state index in [-0.39, 0.29) is 5.92 Å². The van der Waals surface area contributed by atoms with E-state index >= 15 is 0 Å². The first-order valence-electron chi connectivity index (χ1n) is 10.9. The Balaban J connectivity index is 1.40. The molecule has 29 heavy (non-hydrogen) atoms. The van der Waals surface area contributed by atoms with Gasteiger partial charge in [-0.05, 0) is 61.3 Å². The summed E-state index contributed by atoms with van der Waals surface area (Å²) in [6.07, 6.45) is 5.43. The Morgan fingerprint density at radius 1 is 0.759 bits per heavy atom. The van der Waals surface area contributed by atoms with Crippen LogP contribution < -0.4 is 5.32 Å². The summed E-state index contributed by atoms with van der Waals surface area (Å²) in [5, 5.41) is 15.7. The third kappa shape index (κ3) is 4.60. The molecule has 1 aliphatic rings. The fourth-order valence-corrected chi connectivity index (χ4v) is 4.81. The van der Waals surface area contributed by atoms with Gasteiger partial charge in [0.2, 0.25) is 0 Å². The van der Waals surface area contributed by atoms with Gasteiger partial charge in [0.05, 0.1) is 0 Å². The van der Waals surface area contributed by atoms with Crippen LogP contribution in [0.2, 0.25) is 0 Å². The molecule has 1 aliphatic carbocycles. The average Bonchev–Trinajstić information content (AvgIpc) is 3.27. The largest absolute Gasteiger partial charge is 0.380 e. The van der Waals surface area contributed by atoms with E-state index in [0.29, 0.717) is 6.04 Å². The SMILES string of the molecule is OC(c1ccccc1)(c1ccccc1)C1CCC(NCCCc2ccccc2)C1. The summed E-state index contributed by atoms with van der Waals surface area (Å²) >= 11 is 0. The maximum atomic E-state index is 12.0. The summed E-state index contributed by atoms with van der Waals surface area (Å²) in [5.74, 6) is 0.221. The fourth-order valence-electron chi connectivity index (χ4n) is 4.81. The zero-order chi connectivity index (χ0) is 19.9. The normalized spacial score (nSPS) is 19.3. The maximum absolute atomic E-state index is 12.0. The molecule has 0 amide bonds. The lowest BCUT2D eigenvalue weighted by Gasteiger charge is -2.35. The molecule has 0 radical (unpaired) electrons. The van der Waals surface area contributed by atoms with Crippen molar-refractivity contribution in [3.8, 4) is 0 Å². The van der Waals surface area contributed by atoms with Gasteiger partial charge in [0.15, 0.2) is 0 Å². The number of hydrogen-bond donors (Lipinski definition) is 2. The molecule has 0 spiro atoms. The predicted octanol–water partition coefficient (Wildman–Crippen LogP) is 5.31. The first-order valence-corrected chi connectivity index (χ1v) is 10.9. The topological polar surface area (TPSA) is 32.3 Å². The highest BCUT2D eigenvalue weighted by Crippen LogP contribution is 2.44. The van der Waals surface area contributed by atoms with E-state index in [1.807, 2.05) is 36.4 Å². The average molecular weight is 386 g/mol. The Kier molecular flexibility index (Phi) is 6.43. The molecule has 2 nitrogen and oxygen atoms in total. The van der Waals surface area contributed by atoms with Gasteiger partial charge in [0.25, 0.3) is 0 Å². The monoisotopic (exact) mass is 385 g/mol. The van der Waals surface area contributed by atoms with E-state index in [1.54, 1.807) is 0 Å². The molecule has 3 aromatic rings. The summed E-state index contributed by atoms with van der Waals surface area (Å²) < 4.78 is 0. The van der Waals surface area contributed by atoms with Gasteiger partial charge < -0.3 is 10.4 Å². The molecule has 2 heteroatoms.